The fourth-order valence-electron chi connectivity index (χ4n) is 2.51. The molecule has 1 aromatic heterocycles. The predicted octanol–water partition coefficient (Wildman–Crippen LogP) is 1.75. The van der Waals surface area contributed by atoms with Crippen LogP contribution in [0.2, 0.25) is 0 Å². The molecule has 24 heavy (non-hydrogen) atoms. The maximum absolute atomic E-state index is 9.23. The number of hydrogen-bond acceptors (Lipinski definition) is 5. The van der Waals surface area contributed by atoms with E-state index in [4.69, 9.17) is 5.73 Å². The van der Waals surface area contributed by atoms with Gasteiger partial charge in [0, 0.05) is 12.1 Å². The van der Waals surface area contributed by atoms with Gasteiger partial charge in [0.2, 0.25) is 0 Å². The zero-order valence-corrected chi connectivity index (χ0v) is 14.4. The first-order valence-corrected chi connectivity index (χ1v) is 8.60. The van der Waals surface area contributed by atoms with Crippen molar-refractivity contribution in [2.24, 2.45) is 5.73 Å². The van der Waals surface area contributed by atoms with Crippen LogP contribution in [0.1, 0.15) is 38.2 Å². The van der Waals surface area contributed by atoms with E-state index >= 15 is 0 Å². The second-order valence-electron chi connectivity index (χ2n) is 6.45. The summed E-state index contributed by atoms with van der Waals surface area (Å²) in [6.07, 6.45) is 6.74. The van der Waals surface area contributed by atoms with Gasteiger partial charge in [-0.15, -0.1) is 5.10 Å². The van der Waals surface area contributed by atoms with Gasteiger partial charge in [-0.25, -0.2) is 0 Å². The Bertz CT molecular complexity index is 606. The SMILES string of the molecule is CCCCCn1cc(-c2ccc(CCC(N)(CO)CO)cc2)nn1. The molecule has 0 saturated carbocycles. The predicted molar refractivity (Wildman–Crippen MR) is 94.4 cm³/mol. The highest BCUT2D eigenvalue weighted by atomic mass is 16.3. The van der Waals surface area contributed by atoms with Crippen LogP contribution in [0, 0.1) is 0 Å². The molecule has 2 aromatic rings. The average molecular weight is 332 g/mol. The zero-order chi connectivity index (χ0) is 17.4. The lowest BCUT2D eigenvalue weighted by atomic mass is 9.93. The minimum atomic E-state index is -0.917. The van der Waals surface area contributed by atoms with Crippen molar-refractivity contribution in [3.63, 3.8) is 0 Å². The number of nitrogens with zero attached hydrogens (tertiary/aromatic N) is 3. The fourth-order valence-corrected chi connectivity index (χ4v) is 2.51. The smallest absolute Gasteiger partial charge is 0.113 e. The molecule has 6 heteroatoms. The Labute approximate surface area is 143 Å². The van der Waals surface area contributed by atoms with Crippen LogP contribution < -0.4 is 5.73 Å². The number of nitrogens with two attached hydrogens (primary N) is 1. The van der Waals surface area contributed by atoms with Crippen LogP contribution in [0.15, 0.2) is 30.5 Å². The summed E-state index contributed by atoms with van der Waals surface area (Å²) in [6, 6.07) is 8.10. The summed E-state index contributed by atoms with van der Waals surface area (Å²) < 4.78 is 1.89. The Morgan fingerprint density at radius 3 is 2.46 bits per heavy atom. The molecule has 0 bridgehead atoms. The number of benzene rings is 1. The lowest BCUT2D eigenvalue weighted by Crippen LogP contribution is -2.47. The van der Waals surface area contributed by atoms with Crippen molar-refractivity contribution >= 4 is 0 Å². The Balaban J connectivity index is 1.94. The van der Waals surface area contributed by atoms with Gasteiger partial charge >= 0.3 is 0 Å². The molecule has 0 aliphatic heterocycles. The largest absolute Gasteiger partial charge is 0.394 e. The number of hydrogen-bond donors (Lipinski definition) is 3. The van der Waals surface area contributed by atoms with E-state index in [0.29, 0.717) is 12.8 Å². The Morgan fingerprint density at radius 1 is 1.12 bits per heavy atom. The summed E-state index contributed by atoms with van der Waals surface area (Å²) in [7, 11) is 0. The number of aliphatic hydroxyl groups excluding tert-OH is 2. The van der Waals surface area contributed by atoms with E-state index < -0.39 is 5.54 Å². The summed E-state index contributed by atoms with van der Waals surface area (Å²) in [4.78, 5) is 0. The van der Waals surface area contributed by atoms with Gasteiger partial charge in [-0.2, -0.15) is 0 Å². The maximum Gasteiger partial charge on any atom is 0.113 e. The highest BCUT2D eigenvalue weighted by Gasteiger charge is 2.22. The molecule has 0 fully saturated rings. The summed E-state index contributed by atoms with van der Waals surface area (Å²) in [6.45, 7) is 2.65. The van der Waals surface area contributed by atoms with Crippen LogP contribution >= 0.6 is 0 Å². The third-order valence-corrected chi connectivity index (χ3v) is 4.32. The Kier molecular flexibility index (Phi) is 6.90. The summed E-state index contributed by atoms with van der Waals surface area (Å²) in [5, 5.41) is 26.9. The number of aliphatic hydroxyl groups is 2. The van der Waals surface area contributed by atoms with Crippen LogP contribution in [0.3, 0.4) is 0 Å². The molecule has 0 amide bonds. The second-order valence-corrected chi connectivity index (χ2v) is 6.45. The number of aromatic nitrogens is 3. The molecule has 6 nitrogen and oxygen atoms in total. The topological polar surface area (TPSA) is 97.2 Å². The van der Waals surface area contributed by atoms with Crippen LogP contribution in [0.25, 0.3) is 11.3 Å². The molecule has 2 rings (SSSR count). The van der Waals surface area contributed by atoms with Crippen molar-refractivity contribution in [2.45, 2.75) is 51.1 Å². The van der Waals surface area contributed by atoms with E-state index in [1.165, 1.54) is 12.8 Å². The fraction of sp³-hybridized carbons (Fsp3) is 0.556. The highest BCUT2D eigenvalue weighted by molar-refractivity contribution is 5.57. The van der Waals surface area contributed by atoms with Crippen LogP contribution in [0.4, 0.5) is 0 Å². The Hall–Kier alpha value is -1.76. The Morgan fingerprint density at radius 2 is 1.83 bits per heavy atom. The summed E-state index contributed by atoms with van der Waals surface area (Å²) in [5.41, 5.74) is 8.00. The van der Waals surface area contributed by atoms with Crippen LogP contribution in [0.5, 0.6) is 0 Å². The van der Waals surface area contributed by atoms with Gasteiger partial charge in [0.15, 0.2) is 0 Å². The molecule has 0 unspecified atom stereocenters. The standard InChI is InChI=1S/C18H28N4O2/c1-2-3-4-11-22-12-17(20-21-22)16-7-5-15(6-8-16)9-10-18(19,13-23)14-24/h5-8,12,23-24H,2-4,9-11,13-14,19H2,1H3. The van der Waals surface area contributed by atoms with Crippen LogP contribution in [-0.4, -0.2) is 44.0 Å². The first kappa shape index (κ1) is 18.6. The average Bonchev–Trinajstić information content (AvgIpc) is 3.09. The monoisotopic (exact) mass is 332 g/mol. The molecular weight excluding hydrogens is 304 g/mol. The molecule has 0 saturated heterocycles. The van der Waals surface area contributed by atoms with Gasteiger partial charge in [0.25, 0.3) is 0 Å². The molecule has 4 N–H and O–H groups in total. The molecule has 1 heterocycles. The third-order valence-electron chi connectivity index (χ3n) is 4.32. The lowest BCUT2D eigenvalue weighted by Gasteiger charge is -2.24. The third kappa shape index (κ3) is 5.12. The summed E-state index contributed by atoms with van der Waals surface area (Å²) in [5.74, 6) is 0. The van der Waals surface area contributed by atoms with Crippen molar-refractivity contribution in [1.82, 2.24) is 15.0 Å². The lowest BCUT2D eigenvalue weighted by molar-refractivity contribution is 0.115. The molecule has 1 aromatic carbocycles. The van der Waals surface area contributed by atoms with E-state index in [9.17, 15) is 10.2 Å². The van der Waals surface area contributed by atoms with Crippen molar-refractivity contribution < 1.29 is 10.2 Å². The molecule has 0 radical (unpaired) electrons. The second kappa shape index (κ2) is 8.92. The highest BCUT2D eigenvalue weighted by Crippen LogP contribution is 2.19. The molecule has 0 spiro atoms. The van der Waals surface area contributed by atoms with Crippen molar-refractivity contribution in [3.8, 4) is 11.3 Å². The van der Waals surface area contributed by atoms with Gasteiger partial charge < -0.3 is 15.9 Å². The molecular formula is C18H28N4O2. The number of unbranched alkanes of at least 4 members (excludes halogenated alkanes) is 2. The number of rotatable bonds is 10. The van der Waals surface area contributed by atoms with Gasteiger partial charge in [-0.1, -0.05) is 49.2 Å². The zero-order valence-electron chi connectivity index (χ0n) is 14.4. The van der Waals surface area contributed by atoms with Gasteiger partial charge in [0.1, 0.15) is 5.69 Å². The molecule has 0 atom stereocenters. The first-order valence-electron chi connectivity index (χ1n) is 8.60. The minimum absolute atomic E-state index is 0.220. The first-order chi connectivity index (χ1) is 11.6. The van der Waals surface area contributed by atoms with Crippen molar-refractivity contribution in [2.75, 3.05) is 13.2 Å². The van der Waals surface area contributed by atoms with Gasteiger partial charge in [0.05, 0.1) is 24.9 Å². The van der Waals surface area contributed by atoms with Crippen molar-refractivity contribution in [1.29, 1.82) is 0 Å². The van der Waals surface area contributed by atoms with E-state index in [0.717, 1.165) is 29.8 Å². The van der Waals surface area contributed by atoms with Gasteiger partial charge in [-0.3, -0.25) is 4.68 Å². The molecule has 0 aliphatic carbocycles. The van der Waals surface area contributed by atoms with E-state index in [2.05, 4.69) is 17.2 Å². The number of aryl methyl sites for hydroxylation is 2. The minimum Gasteiger partial charge on any atom is -0.394 e. The van der Waals surface area contributed by atoms with Crippen molar-refractivity contribution in [3.05, 3.63) is 36.0 Å². The van der Waals surface area contributed by atoms with E-state index in [1.54, 1.807) is 0 Å². The molecule has 132 valence electrons. The maximum atomic E-state index is 9.23. The summed E-state index contributed by atoms with van der Waals surface area (Å²) >= 11 is 0. The quantitative estimate of drug-likeness (QED) is 0.576. The molecule has 0 aliphatic rings. The van der Waals surface area contributed by atoms with E-state index in [1.807, 2.05) is 35.1 Å². The van der Waals surface area contributed by atoms with Crippen LogP contribution in [-0.2, 0) is 13.0 Å². The van der Waals surface area contributed by atoms with E-state index in [-0.39, 0.29) is 13.2 Å². The van der Waals surface area contributed by atoms with Gasteiger partial charge in [-0.05, 0) is 24.8 Å². The normalized spacial score (nSPS) is 11.8.